The van der Waals surface area contributed by atoms with Gasteiger partial charge in [-0.25, -0.2) is 0 Å². The van der Waals surface area contributed by atoms with E-state index in [2.05, 4.69) is 16.9 Å². The van der Waals surface area contributed by atoms with E-state index < -0.39 is 0 Å². The highest BCUT2D eigenvalue weighted by Crippen LogP contribution is 2.01. The summed E-state index contributed by atoms with van der Waals surface area (Å²) in [4.78, 5) is 11.5. The van der Waals surface area contributed by atoms with E-state index >= 15 is 0 Å². The maximum Gasteiger partial charge on any atom is 0.224 e. The number of thioether (sulfide) groups is 1. The van der Waals surface area contributed by atoms with Gasteiger partial charge in [0.1, 0.15) is 0 Å². The zero-order valence-corrected chi connectivity index (χ0v) is 11.0. The number of hydrogen-bond donors (Lipinski definition) is 2. The summed E-state index contributed by atoms with van der Waals surface area (Å²) in [5.74, 6) is 1.46. The third-order valence-corrected chi connectivity index (χ3v) is 2.98. The van der Waals surface area contributed by atoms with Crippen molar-refractivity contribution in [3.05, 3.63) is 0 Å². The Morgan fingerprint density at radius 1 is 1.33 bits per heavy atom. The van der Waals surface area contributed by atoms with Gasteiger partial charge < -0.3 is 10.6 Å². The van der Waals surface area contributed by atoms with Gasteiger partial charge in [0.15, 0.2) is 0 Å². The third-order valence-electron chi connectivity index (χ3n) is 2.28. The van der Waals surface area contributed by atoms with Crippen LogP contribution in [0.1, 0.15) is 26.2 Å². The average molecular weight is 232 g/mol. The molecule has 1 amide bonds. The first-order chi connectivity index (χ1) is 7.22. The Hall–Kier alpha value is -0.220. The molecule has 90 valence electrons. The standard InChI is InChI=1S/C11H24N2OS/c1-10(9-12-2)11(14)13-7-5-4-6-8-15-3/h10,12H,4-9H2,1-3H3,(H,13,14). The average Bonchev–Trinajstić information content (AvgIpc) is 2.23. The summed E-state index contributed by atoms with van der Waals surface area (Å²) in [6.07, 6.45) is 5.68. The van der Waals surface area contributed by atoms with Crippen molar-refractivity contribution in [1.82, 2.24) is 10.6 Å². The first-order valence-corrected chi connectivity index (χ1v) is 7.03. The second-order valence-electron chi connectivity index (χ2n) is 3.80. The van der Waals surface area contributed by atoms with Crippen molar-refractivity contribution in [2.75, 3.05) is 32.1 Å². The van der Waals surface area contributed by atoms with Crippen LogP contribution in [0.5, 0.6) is 0 Å². The molecule has 1 unspecified atom stereocenters. The lowest BCUT2D eigenvalue weighted by Gasteiger charge is -2.11. The Labute approximate surface area is 97.8 Å². The van der Waals surface area contributed by atoms with Crippen LogP contribution in [0.25, 0.3) is 0 Å². The van der Waals surface area contributed by atoms with Crippen LogP contribution in [-0.4, -0.2) is 38.1 Å². The second-order valence-corrected chi connectivity index (χ2v) is 4.79. The van der Waals surface area contributed by atoms with Crippen molar-refractivity contribution < 1.29 is 4.79 Å². The number of unbranched alkanes of at least 4 members (excludes halogenated alkanes) is 2. The van der Waals surface area contributed by atoms with Crippen molar-refractivity contribution in [3.63, 3.8) is 0 Å². The Morgan fingerprint density at radius 3 is 2.67 bits per heavy atom. The minimum atomic E-state index is 0.0706. The van der Waals surface area contributed by atoms with Crippen LogP contribution in [0.15, 0.2) is 0 Å². The molecule has 4 heteroatoms. The highest BCUT2D eigenvalue weighted by molar-refractivity contribution is 7.98. The van der Waals surface area contributed by atoms with Crippen LogP contribution < -0.4 is 10.6 Å². The van der Waals surface area contributed by atoms with Crippen LogP contribution >= 0.6 is 11.8 Å². The SMILES string of the molecule is CNCC(C)C(=O)NCCCCCSC. The lowest BCUT2D eigenvalue weighted by atomic mass is 10.1. The molecule has 0 radical (unpaired) electrons. The van der Waals surface area contributed by atoms with Gasteiger partial charge in [-0.15, -0.1) is 0 Å². The predicted molar refractivity (Wildman–Crippen MR) is 68.3 cm³/mol. The lowest BCUT2D eigenvalue weighted by Crippen LogP contribution is -2.34. The van der Waals surface area contributed by atoms with E-state index in [0.717, 1.165) is 19.5 Å². The van der Waals surface area contributed by atoms with Gasteiger partial charge in [0.2, 0.25) is 5.91 Å². The minimum Gasteiger partial charge on any atom is -0.356 e. The molecule has 0 fully saturated rings. The molecule has 0 aromatic carbocycles. The zero-order valence-electron chi connectivity index (χ0n) is 10.1. The molecule has 0 aliphatic heterocycles. The molecule has 0 bridgehead atoms. The molecule has 0 aliphatic carbocycles. The fraction of sp³-hybridized carbons (Fsp3) is 0.909. The quantitative estimate of drug-likeness (QED) is 0.592. The fourth-order valence-corrected chi connectivity index (χ4v) is 1.83. The summed E-state index contributed by atoms with van der Waals surface area (Å²) >= 11 is 1.88. The van der Waals surface area contributed by atoms with Crippen molar-refractivity contribution in [3.8, 4) is 0 Å². The number of nitrogens with one attached hydrogen (secondary N) is 2. The normalized spacial score (nSPS) is 12.5. The number of rotatable bonds is 9. The van der Waals surface area contributed by atoms with Gasteiger partial charge in [-0.2, -0.15) is 11.8 Å². The summed E-state index contributed by atoms with van der Waals surface area (Å²) in [7, 11) is 1.87. The van der Waals surface area contributed by atoms with Crippen molar-refractivity contribution in [2.24, 2.45) is 5.92 Å². The maximum absolute atomic E-state index is 11.5. The molecular formula is C11H24N2OS. The van der Waals surface area contributed by atoms with E-state index in [1.165, 1.54) is 18.6 Å². The van der Waals surface area contributed by atoms with Gasteiger partial charge >= 0.3 is 0 Å². The van der Waals surface area contributed by atoms with Crippen LogP contribution in [0, 0.1) is 5.92 Å². The first kappa shape index (κ1) is 14.8. The van der Waals surface area contributed by atoms with E-state index in [1.54, 1.807) is 0 Å². The summed E-state index contributed by atoms with van der Waals surface area (Å²) in [6, 6.07) is 0. The van der Waals surface area contributed by atoms with E-state index in [4.69, 9.17) is 0 Å². The smallest absolute Gasteiger partial charge is 0.224 e. The number of carbonyl (C=O) groups excluding carboxylic acids is 1. The molecule has 2 N–H and O–H groups in total. The molecule has 3 nitrogen and oxygen atoms in total. The van der Waals surface area contributed by atoms with Gasteiger partial charge in [0.05, 0.1) is 0 Å². The molecule has 0 aromatic heterocycles. The molecule has 0 spiro atoms. The molecular weight excluding hydrogens is 208 g/mol. The summed E-state index contributed by atoms with van der Waals surface area (Å²) in [6.45, 7) is 3.51. The fourth-order valence-electron chi connectivity index (χ4n) is 1.33. The molecule has 0 rings (SSSR count). The van der Waals surface area contributed by atoms with Crippen molar-refractivity contribution in [2.45, 2.75) is 26.2 Å². The highest BCUT2D eigenvalue weighted by atomic mass is 32.2. The molecule has 15 heavy (non-hydrogen) atoms. The van der Waals surface area contributed by atoms with E-state index in [1.807, 2.05) is 25.7 Å². The Balaban J connectivity index is 3.30. The van der Waals surface area contributed by atoms with Crippen LogP contribution in [-0.2, 0) is 4.79 Å². The van der Waals surface area contributed by atoms with Crippen molar-refractivity contribution >= 4 is 17.7 Å². The van der Waals surface area contributed by atoms with Gasteiger partial charge in [-0.05, 0) is 31.9 Å². The molecule has 0 heterocycles. The largest absolute Gasteiger partial charge is 0.356 e. The predicted octanol–water partition coefficient (Wildman–Crippen LogP) is 1.49. The van der Waals surface area contributed by atoms with Crippen LogP contribution in [0.4, 0.5) is 0 Å². The second kappa shape index (κ2) is 10.3. The maximum atomic E-state index is 11.5. The minimum absolute atomic E-state index is 0.0706. The Kier molecular flexibility index (Phi) is 10.2. The van der Waals surface area contributed by atoms with Gasteiger partial charge in [0, 0.05) is 19.0 Å². The Bertz CT molecular complexity index is 165. The highest BCUT2D eigenvalue weighted by Gasteiger charge is 2.09. The summed E-state index contributed by atoms with van der Waals surface area (Å²) < 4.78 is 0. The van der Waals surface area contributed by atoms with Crippen molar-refractivity contribution in [1.29, 1.82) is 0 Å². The van der Waals surface area contributed by atoms with Gasteiger partial charge in [-0.1, -0.05) is 13.3 Å². The zero-order chi connectivity index (χ0) is 11.5. The summed E-state index contributed by atoms with van der Waals surface area (Å²) in [5.41, 5.74) is 0. The van der Waals surface area contributed by atoms with Gasteiger partial charge in [0.25, 0.3) is 0 Å². The monoisotopic (exact) mass is 232 g/mol. The lowest BCUT2D eigenvalue weighted by molar-refractivity contribution is -0.124. The van der Waals surface area contributed by atoms with E-state index in [9.17, 15) is 4.79 Å². The molecule has 0 aliphatic rings. The Morgan fingerprint density at radius 2 is 2.07 bits per heavy atom. The van der Waals surface area contributed by atoms with E-state index in [-0.39, 0.29) is 11.8 Å². The first-order valence-electron chi connectivity index (χ1n) is 5.63. The third kappa shape index (κ3) is 8.75. The molecule has 1 atom stereocenters. The van der Waals surface area contributed by atoms with Gasteiger partial charge in [-0.3, -0.25) is 4.79 Å². The molecule has 0 saturated carbocycles. The van der Waals surface area contributed by atoms with E-state index in [0.29, 0.717) is 0 Å². The molecule has 0 aromatic rings. The number of hydrogen-bond acceptors (Lipinski definition) is 3. The summed E-state index contributed by atoms with van der Waals surface area (Å²) in [5, 5.41) is 5.96. The molecule has 0 saturated heterocycles. The van der Waals surface area contributed by atoms with Crippen LogP contribution in [0.3, 0.4) is 0 Å². The van der Waals surface area contributed by atoms with Crippen LogP contribution in [0.2, 0.25) is 0 Å². The number of amides is 1. The topological polar surface area (TPSA) is 41.1 Å². The number of carbonyl (C=O) groups is 1.